The molecule has 0 aliphatic carbocycles. The lowest BCUT2D eigenvalue weighted by atomic mass is 10.2. The van der Waals surface area contributed by atoms with Crippen molar-refractivity contribution in [3.05, 3.63) is 58.8 Å². The highest BCUT2D eigenvalue weighted by Gasteiger charge is 2.11. The Labute approximate surface area is 152 Å². The third kappa shape index (κ3) is 3.09. The van der Waals surface area contributed by atoms with Crippen molar-refractivity contribution in [3.63, 3.8) is 0 Å². The van der Waals surface area contributed by atoms with E-state index in [1.54, 1.807) is 0 Å². The van der Waals surface area contributed by atoms with Gasteiger partial charge in [0, 0.05) is 34.1 Å². The largest absolute Gasteiger partial charge is 0.143 e. The zero-order chi connectivity index (χ0) is 15.8. The second-order valence-electron chi connectivity index (χ2n) is 5.66. The fraction of sp³-hybridized carbons (Fsp3) is 0.158. The molecule has 0 aromatic carbocycles. The lowest BCUT2D eigenvalue weighted by molar-refractivity contribution is 0.890. The Balaban J connectivity index is 1.62. The van der Waals surface area contributed by atoms with Crippen LogP contribution in [0, 0.1) is 0 Å². The van der Waals surface area contributed by atoms with Gasteiger partial charge in [-0.15, -0.1) is 45.3 Å². The topological polar surface area (TPSA) is 0 Å². The van der Waals surface area contributed by atoms with Gasteiger partial charge in [0.15, 0.2) is 0 Å². The molecule has 0 N–H and O–H groups in total. The molecule has 0 radical (unpaired) electrons. The van der Waals surface area contributed by atoms with E-state index in [4.69, 9.17) is 0 Å². The van der Waals surface area contributed by atoms with Gasteiger partial charge in [-0.25, -0.2) is 0 Å². The number of hydrogen-bond acceptors (Lipinski definition) is 4. The maximum Gasteiger partial charge on any atom is 0.0449 e. The van der Waals surface area contributed by atoms with Crippen molar-refractivity contribution in [1.82, 2.24) is 0 Å². The highest BCUT2D eigenvalue weighted by atomic mass is 32.1. The van der Waals surface area contributed by atoms with Crippen molar-refractivity contribution in [2.75, 3.05) is 0 Å². The minimum Gasteiger partial charge on any atom is -0.143 e. The molecule has 4 aromatic rings. The molecule has 0 amide bonds. The Bertz CT molecular complexity index is 903. The molecule has 0 spiro atoms. The molecule has 23 heavy (non-hydrogen) atoms. The molecule has 4 rings (SSSR count). The van der Waals surface area contributed by atoms with Crippen molar-refractivity contribution in [3.8, 4) is 29.3 Å². The summed E-state index contributed by atoms with van der Waals surface area (Å²) in [5.41, 5.74) is 0. The molecule has 0 nitrogen and oxygen atoms in total. The molecule has 0 fully saturated rings. The van der Waals surface area contributed by atoms with E-state index in [0.29, 0.717) is 5.92 Å². The van der Waals surface area contributed by atoms with Crippen LogP contribution in [0.4, 0.5) is 0 Å². The van der Waals surface area contributed by atoms with E-state index in [2.05, 4.69) is 67.8 Å². The lowest BCUT2D eigenvalue weighted by Gasteiger charge is -1.97. The first-order chi connectivity index (χ1) is 11.2. The first-order valence-electron chi connectivity index (χ1n) is 7.55. The Kier molecular flexibility index (Phi) is 4.24. The van der Waals surface area contributed by atoms with Crippen LogP contribution in [0.2, 0.25) is 0 Å². The van der Waals surface area contributed by atoms with E-state index in [-0.39, 0.29) is 0 Å². The van der Waals surface area contributed by atoms with Crippen molar-refractivity contribution in [1.29, 1.82) is 0 Å². The average molecular weight is 373 g/mol. The van der Waals surface area contributed by atoms with Gasteiger partial charge in [0.1, 0.15) is 0 Å². The quantitative estimate of drug-likeness (QED) is 0.340. The van der Waals surface area contributed by atoms with Gasteiger partial charge in [-0.05, 0) is 53.8 Å². The normalized spacial score (nSPS) is 11.4. The average Bonchev–Trinajstić information content (AvgIpc) is 3.32. The fourth-order valence-corrected chi connectivity index (χ4v) is 6.46. The minimum absolute atomic E-state index is 0.610. The van der Waals surface area contributed by atoms with Crippen LogP contribution >= 0.6 is 45.3 Å². The summed E-state index contributed by atoms with van der Waals surface area (Å²) in [6.07, 6.45) is 0. The SMILES string of the molecule is CC(C)c1ccc(-c2ccc(-c3ccc(-c4cccs4)s3)s2)s1. The monoisotopic (exact) mass is 372 g/mol. The van der Waals surface area contributed by atoms with Gasteiger partial charge in [0.05, 0.1) is 0 Å². The van der Waals surface area contributed by atoms with Crippen LogP contribution in [-0.4, -0.2) is 0 Å². The molecule has 0 unspecified atom stereocenters. The molecule has 116 valence electrons. The molecule has 0 bridgehead atoms. The third-order valence-electron chi connectivity index (χ3n) is 3.66. The van der Waals surface area contributed by atoms with E-state index in [9.17, 15) is 0 Å². The standard InChI is InChI=1S/C19H16S4/c1-12(2)13-5-6-16(21-13)17-9-10-19(23-17)18-8-7-15(22-18)14-4-3-11-20-14/h3-12H,1-2H3. The zero-order valence-electron chi connectivity index (χ0n) is 12.9. The van der Waals surface area contributed by atoms with Crippen molar-refractivity contribution >= 4 is 45.3 Å². The summed E-state index contributed by atoms with van der Waals surface area (Å²) >= 11 is 7.51. The molecular weight excluding hydrogens is 356 g/mol. The summed E-state index contributed by atoms with van der Waals surface area (Å²) in [7, 11) is 0. The van der Waals surface area contributed by atoms with Crippen LogP contribution in [0.1, 0.15) is 24.6 Å². The molecule has 0 saturated heterocycles. The van der Waals surface area contributed by atoms with Crippen LogP contribution in [0.15, 0.2) is 53.9 Å². The summed E-state index contributed by atoms with van der Waals surface area (Å²) in [4.78, 5) is 9.69. The Morgan fingerprint density at radius 1 is 0.609 bits per heavy atom. The maximum atomic E-state index is 2.27. The van der Waals surface area contributed by atoms with E-state index in [1.807, 2.05) is 45.3 Å². The van der Waals surface area contributed by atoms with Gasteiger partial charge in [0.25, 0.3) is 0 Å². The Hall–Kier alpha value is -1.20. The summed E-state index contributed by atoms with van der Waals surface area (Å²) in [6.45, 7) is 4.51. The summed E-state index contributed by atoms with van der Waals surface area (Å²) in [5.74, 6) is 0.610. The van der Waals surface area contributed by atoms with Crippen LogP contribution < -0.4 is 0 Å². The van der Waals surface area contributed by atoms with E-state index in [1.165, 1.54) is 34.1 Å². The highest BCUT2D eigenvalue weighted by Crippen LogP contribution is 2.42. The van der Waals surface area contributed by atoms with Gasteiger partial charge in [-0.1, -0.05) is 19.9 Å². The van der Waals surface area contributed by atoms with Gasteiger partial charge in [0.2, 0.25) is 0 Å². The predicted octanol–water partition coefficient (Wildman–Crippen LogP) is 8.06. The van der Waals surface area contributed by atoms with Crippen molar-refractivity contribution in [2.45, 2.75) is 19.8 Å². The van der Waals surface area contributed by atoms with Gasteiger partial charge in [-0.3, -0.25) is 0 Å². The number of hydrogen-bond donors (Lipinski definition) is 0. The molecule has 0 saturated carbocycles. The third-order valence-corrected chi connectivity index (χ3v) is 8.67. The first kappa shape index (κ1) is 15.3. The Morgan fingerprint density at radius 2 is 1.13 bits per heavy atom. The lowest BCUT2D eigenvalue weighted by Crippen LogP contribution is -1.77. The fourth-order valence-electron chi connectivity index (χ4n) is 2.42. The molecule has 0 aliphatic rings. The second-order valence-corrected chi connectivity index (χ2v) is 9.89. The van der Waals surface area contributed by atoms with Crippen LogP contribution in [-0.2, 0) is 0 Å². The second kappa shape index (κ2) is 6.36. The predicted molar refractivity (Wildman–Crippen MR) is 108 cm³/mol. The van der Waals surface area contributed by atoms with Crippen molar-refractivity contribution in [2.24, 2.45) is 0 Å². The summed E-state index contributed by atoms with van der Waals surface area (Å²) < 4.78 is 0. The first-order valence-corrected chi connectivity index (χ1v) is 10.9. The number of thiophene rings is 4. The molecule has 4 aromatic heterocycles. The minimum atomic E-state index is 0.610. The van der Waals surface area contributed by atoms with Crippen LogP contribution in [0.25, 0.3) is 29.3 Å². The molecular formula is C19H16S4. The Morgan fingerprint density at radius 3 is 1.61 bits per heavy atom. The smallest absolute Gasteiger partial charge is 0.0449 e. The molecule has 4 heterocycles. The van der Waals surface area contributed by atoms with Crippen molar-refractivity contribution < 1.29 is 0 Å². The van der Waals surface area contributed by atoms with Gasteiger partial charge in [-0.2, -0.15) is 0 Å². The van der Waals surface area contributed by atoms with Gasteiger partial charge < -0.3 is 0 Å². The molecule has 4 heteroatoms. The maximum absolute atomic E-state index is 2.27. The molecule has 0 aliphatic heterocycles. The summed E-state index contributed by atoms with van der Waals surface area (Å²) in [5, 5.41) is 2.14. The molecule has 0 atom stereocenters. The summed E-state index contributed by atoms with van der Waals surface area (Å²) in [6, 6.07) is 17.9. The van der Waals surface area contributed by atoms with Gasteiger partial charge >= 0.3 is 0 Å². The van der Waals surface area contributed by atoms with E-state index < -0.39 is 0 Å². The van der Waals surface area contributed by atoms with E-state index >= 15 is 0 Å². The highest BCUT2D eigenvalue weighted by molar-refractivity contribution is 7.28. The van der Waals surface area contributed by atoms with E-state index in [0.717, 1.165) is 0 Å². The number of rotatable bonds is 4. The zero-order valence-corrected chi connectivity index (χ0v) is 16.2. The van der Waals surface area contributed by atoms with Crippen LogP contribution in [0.5, 0.6) is 0 Å². The van der Waals surface area contributed by atoms with Crippen LogP contribution in [0.3, 0.4) is 0 Å².